The van der Waals surface area contributed by atoms with E-state index in [2.05, 4.69) is 37.0 Å². The maximum absolute atomic E-state index is 12.6. The van der Waals surface area contributed by atoms with Crippen LogP contribution in [-0.2, 0) is 11.3 Å². The minimum atomic E-state index is -0.178. The van der Waals surface area contributed by atoms with Gasteiger partial charge in [0.2, 0.25) is 5.78 Å². The van der Waals surface area contributed by atoms with Crippen LogP contribution < -0.4 is 0 Å². The Labute approximate surface area is 138 Å². The Kier molecular flexibility index (Phi) is 5.37. The summed E-state index contributed by atoms with van der Waals surface area (Å²) in [6.45, 7) is 0.929. The van der Waals surface area contributed by atoms with E-state index in [1.165, 1.54) is 6.20 Å². The molecule has 4 nitrogen and oxygen atoms in total. The van der Waals surface area contributed by atoms with E-state index in [4.69, 9.17) is 16.3 Å². The number of rotatable bonds is 5. The third-order valence-electron chi connectivity index (χ3n) is 2.69. The number of carbonyl (C=O) groups excluding carboxylic acids is 1. The largest absolute Gasteiger partial charge is 0.383 e. The van der Waals surface area contributed by atoms with E-state index in [0.29, 0.717) is 33.9 Å². The zero-order valence-corrected chi connectivity index (χ0v) is 14.5. The lowest BCUT2D eigenvalue weighted by Crippen LogP contribution is -2.15. The molecule has 0 fully saturated rings. The van der Waals surface area contributed by atoms with Crippen molar-refractivity contribution in [3.63, 3.8) is 0 Å². The van der Waals surface area contributed by atoms with Crippen molar-refractivity contribution in [2.75, 3.05) is 13.7 Å². The molecule has 1 aromatic carbocycles. The lowest BCUT2D eigenvalue weighted by molar-refractivity contribution is 0.102. The molecule has 0 saturated carbocycles. The molecule has 1 aromatic heterocycles. The number of ether oxygens (including phenoxy) is 1. The van der Waals surface area contributed by atoms with Gasteiger partial charge in [-0.1, -0.05) is 27.5 Å². The van der Waals surface area contributed by atoms with Gasteiger partial charge < -0.3 is 4.74 Å². The van der Waals surface area contributed by atoms with E-state index in [0.717, 1.165) is 4.47 Å². The van der Waals surface area contributed by atoms with Crippen LogP contribution in [0.4, 0.5) is 0 Å². The van der Waals surface area contributed by atoms with Crippen molar-refractivity contribution in [3.8, 4) is 0 Å². The molecule has 0 atom stereocenters. The van der Waals surface area contributed by atoms with Crippen LogP contribution in [-0.4, -0.2) is 29.3 Å². The van der Waals surface area contributed by atoms with Gasteiger partial charge in [-0.2, -0.15) is 5.10 Å². The number of halogens is 3. The Morgan fingerprint density at radius 2 is 2.20 bits per heavy atom. The highest BCUT2D eigenvalue weighted by molar-refractivity contribution is 9.11. The highest BCUT2D eigenvalue weighted by atomic mass is 79.9. The van der Waals surface area contributed by atoms with Crippen LogP contribution in [0, 0.1) is 0 Å². The number of methoxy groups -OCH3 is 1. The fraction of sp³-hybridized carbons (Fsp3) is 0.231. The summed E-state index contributed by atoms with van der Waals surface area (Å²) in [5, 5.41) is 4.44. The van der Waals surface area contributed by atoms with Crippen LogP contribution in [0.1, 0.15) is 16.1 Å². The molecule has 0 bridgehead atoms. The Bertz CT molecular complexity index is 643. The lowest BCUT2D eigenvalue weighted by atomic mass is 10.1. The van der Waals surface area contributed by atoms with E-state index in [9.17, 15) is 4.79 Å². The summed E-state index contributed by atoms with van der Waals surface area (Å²) in [6.07, 6.45) is 1.47. The van der Waals surface area contributed by atoms with Gasteiger partial charge in [-0.15, -0.1) is 0 Å². The van der Waals surface area contributed by atoms with Gasteiger partial charge in [-0.05, 0) is 34.1 Å². The second-order valence-corrected chi connectivity index (χ2v) is 6.19. The molecule has 1 heterocycles. The van der Waals surface area contributed by atoms with Gasteiger partial charge in [0.1, 0.15) is 5.69 Å². The number of carbonyl (C=O) groups is 1. The number of benzene rings is 1. The van der Waals surface area contributed by atoms with Crippen LogP contribution in [0.5, 0.6) is 0 Å². The molecule has 2 rings (SSSR count). The van der Waals surface area contributed by atoms with Gasteiger partial charge in [-0.25, -0.2) is 0 Å². The standard InChI is InChI=1S/C13H11Br2ClN2O2/c1-20-5-4-18-12(11(16)7-17-18)13(19)9-3-2-8(14)6-10(9)15/h2-3,6-7H,4-5H2,1H3. The van der Waals surface area contributed by atoms with E-state index in [1.54, 1.807) is 17.9 Å². The van der Waals surface area contributed by atoms with Crippen LogP contribution in [0.2, 0.25) is 5.02 Å². The van der Waals surface area contributed by atoms with Gasteiger partial charge >= 0.3 is 0 Å². The molecular weight excluding hydrogens is 411 g/mol. The van der Waals surface area contributed by atoms with E-state index >= 15 is 0 Å². The smallest absolute Gasteiger partial charge is 0.213 e. The van der Waals surface area contributed by atoms with E-state index in [1.807, 2.05) is 12.1 Å². The molecule has 0 amide bonds. The predicted molar refractivity (Wildman–Crippen MR) is 84.4 cm³/mol. The Morgan fingerprint density at radius 1 is 1.45 bits per heavy atom. The zero-order chi connectivity index (χ0) is 14.7. The number of hydrogen-bond donors (Lipinski definition) is 0. The molecule has 0 unspecified atom stereocenters. The SMILES string of the molecule is COCCn1ncc(Cl)c1C(=O)c1ccc(Br)cc1Br. The highest BCUT2D eigenvalue weighted by Crippen LogP contribution is 2.26. The monoisotopic (exact) mass is 420 g/mol. The normalized spacial score (nSPS) is 10.8. The second-order valence-electron chi connectivity index (χ2n) is 4.01. The average molecular weight is 423 g/mol. The zero-order valence-electron chi connectivity index (χ0n) is 10.6. The molecule has 0 N–H and O–H groups in total. The van der Waals surface area contributed by atoms with Gasteiger partial charge in [0, 0.05) is 21.6 Å². The fourth-order valence-electron chi connectivity index (χ4n) is 1.74. The Balaban J connectivity index is 2.40. The first kappa shape index (κ1) is 15.7. The number of ketones is 1. The van der Waals surface area contributed by atoms with Crippen molar-refractivity contribution in [1.82, 2.24) is 9.78 Å². The van der Waals surface area contributed by atoms with Crippen molar-refractivity contribution in [2.45, 2.75) is 6.54 Å². The van der Waals surface area contributed by atoms with Gasteiger partial charge in [-0.3, -0.25) is 9.48 Å². The first-order valence-electron chi connectivity index (χ1n) is 5.74. The average Bonchev–Trinajstić information content (AvgIpc) is 2.77. The van der Waals surface area contributed by atoms with Crippen molar-refractivity contribution in [3.05, 3.63) is 49.6 Å². The molecule has 20 heavy (non-hydrogen) atoms. The molecular formula is C13H11Br2ClN2O2. The van der Waals surface area contributed by atoms with Crippen molar-refractivity contribution < 1.29 is 9.53 Å². The third-order valence-corrected chi connectivity index (χ3v) is 4.12. The summed E-state index contributed by atoms with van der Waals surface area (Å²) in [5.41, 5.74) is 0.904. The van der Waals surface area contributed by atoms with Gasteiger partial charge in [0.05, 0.1) is 24.4 Å². The molecule has 0 aliphatic carbocycles. The molecule has 0 spiro atoms. The maximum Gasteiger partial charge on any atom is 0.213 e. The number of aromatic nitrogens is 2. The minimum absolute atomic E-state index is 0.178. The molecule has 7 heteroatoms. The summed E-state index contributed by atoms with van der Waals surface area (Å²) >= 11 is 12.8. The first-order chi connectivity index (χ1) is 9.54. The maximum atomic E-state index is 12.6. The van der Waals surface area contributed by atoms with Crippen molar-refractivity contribution in [1.29, 1.82) is 0 Å². The summed E-state index contributed by atoms with van der Waals surface area (Å²) < 4.78 is 8.15. The van der Waals surface area contributed by atoms with Crippen LogP contribution in [0.15, 0.2) is 33.3 Å². The molecule has 0 saturated heterocycles. The molecule has 106 valence electrons. The van der Waals surface area contributed by atoms with Crippen LogP contribution in [0.3, 0.4) is 0 Å². The van der Waals surface area contributed by atoms with Gasteiger partial charge in [0.25, 0.3) is 0 Å². The van der Waals surface area contributed by atoms with Gasteiger partial charge in [0.15, 0.2) is 0 Å². The summed E-state index contributed by atoms with van der Waals surface area (Å²) in [7, 11) is 1.60. The third kappa shape index (κ3) is 3.31. The van der Waals surface area contributed by atoms with E-state index in [-0.39, 0.29) is 5.78 Å². The Morgan fingerprint density at radius 3 is 2.85 bits per heavy atom. The van der Waals surface area contributed by atoms with Crippen LogP contribution in [0.25, 0.3) is 0 Å². The first-order valence-corrected chi connectivity index (χ1v) is 7.71. The molecule has 2 aromatic rings. The second kappa shape index (κ2) is 6.85. The lowest BCUT2D eigenvalue weighted by Gasteiger charge is -2.08. The fourth-order valence-corrected chi connectivity index (χ4v) is 3.19. The predicted octanol–water partition coefficient (Wildman–Crippen LogP) is 3.94. The molecule has 0 aliphatic rings. The number of hydrogen-bond acceptors (Lipinski definition) is 3. The molecule has 0 radical (unpaired) electrons. The molecule has 0 aliphatic heterocycles. The Hall–Kier alpha value is -0.690. The highest BCUT2D eigenvalue weighted by Gasteiger charge is 2.21. The van der Waals surface area contributed by atoms with Crippen molar-refractivity contribution in [2.24, 2.45) is 0 Å². The summed E-state index contributed by atoms with van der Waals surface area (Å²) in [5.74, 6) is -0.178. The summed E-state index contributed by atoms with van der Waals surface area (Å²) in [6, 6.07) is 5.36. The number of nitrogens with zero attached hydrogens (tertiary/aromatic N) is 2. The minimum Gasteiger partial charge on any atom is -0.383 e. The topological polar surface area (TPSA) is 44.1 Å². The van der Waals surface area contributed by atoms with Crippen molar-refractivity contribution >= 4 is 49.2 Å². The quantitative estimate of drug-likeness (QED) is 0.686. The van der Waals surface area contributed by atoms with Crippen LogP contribution >= 0.6 is 43.5 Å². The summed E-state index contributed by atoms with van der Waals surface area (Å²) in [4.78, 5) is 12.6. The van der Waals surface area contributed by atoms with E-state index < -0.39 is 0 Å².